The van der Waals surface area contributed by atoms with Gasteiger partial charge in [-0.2, -0.15) is 0 Å². The van der Waals surface area contributed by atoms with Gasteiger partial charge in [-0.05, 0) is 14.1 Å². The molecule has 1 unspecified atom stereocenters. The number of carbonyl (C=O) groups is 1. The lowest BCUT2D eigenvalue weighted by atomic mass is 10.0. The van der Waals surface area contributed by atoms with Crippen molar-refractivity contribution in [3.05, 3.63) is 0 Å². The van der Waals surface area contributed by atoms with Gasteiger partial charge in [-0.25, -0.2) is 0 Å². The van der Waals surface area contributed by atoms with E-state index in [0.717, 1.165) is 19.6 Å². The van der Waals surface area contributed by atoms with E-state index >= 15 is 0 Å². The van der Waals surface area contributed by atoms with Crippen molar-refractivity contribution in [2.75, 3.05) is 33.7 Å². The minimum absolute atomic E-state index is 0.292. The fourth-order valence-corrected chi connectivity index (χ4v) is 1.90. The van der Waals surface area contributed by atoms with Crippen LogP contribution in [0.4, 0.5) is 0 Å². The van der Waals surface area contributed by atoms with Crippen LogP contribution in [0.3, 0.4) is 0 Å². The molecule has 3 heteroatoms. The molecule has 0 spiro atoms. The average molecular weight is 208 g/mol. The van der Waals surface area contributed by atoms with Crippen LogP contribution in [0.25, 0.3) is 0 Å². The van der Waals surface area contributed by atoms with E-state index in [1.54, 1.807) is 0 Å². The molecule has 0 saturated carbocycles. The van der Waals surface area contributed by atoms with Gasteiger partial charge in [0.1, 0.15) is 5.78 Å². The molecule has 3 nitrogen and oxygen atoms in total. The Kier molecular flexibility index (Phi) is 4.80. The summed E-state index contributed by atoms with van der Waals surface area (Å²) in [6, 6.07) is 0.369. The number of piperazine rings is 1. The summed E-state index contributed by atoms with van der Waals surface area (Å²) < 4.78 is 0. The van der Waals surface area contributed by atoms with E-state index in [1.807, 2.05) is 0 Å². The first kappa shape index (κ1) is 12.2. The lowest BCUT2D eigenvalue weighted by Gasteiger charge is -2.37. The molecule has 0 aromatic heterocycles. The predicted molar refractivity (Wildman–Crippen MR) is 61.6 cm³/mol. The molecular formula is C12H20N2O. The van der Waals surface area contributed by atoms with Crippen LogP contribution in [0.1, 0.15) is 19.3 Å². The minimum Gasteiger partial charge on any atom is -0.304 e. The number of hydrogen-bond acceptors (Lipinski definition) is 3. The summed E-state index contributed by atoms with van der Waals surface area (Å²) in [5.74, 6) is 2.80. The van der Waals surface area contributed by atoms with Crippen molar-refractivity contribution in [1.29, 1.82) is 0 Å². The highest BCUT2D eigenvalue weighted by Crippen LogP contribution is 2.11. The monoisotopic (exact) mass is 208 g/mol. The van der Waals surface area contributed by atoms with Gasteiger partial charge in [0.2, 0.25) is 0 Å². The van der Waals surface area contributed by atoms with Gasteiger partial charge in [0.25, 0.3) is 0 Å². The normalized spacial score (nSPS) is 23.7. The Hall–Kier alpha value is -0.850. The second-order valence-electron chi connectivity index (χ2n) is 4.34. The Morgan fingerprint density at radius 1 is 1.47 bits per heavy atom. The van der Waals surface area contributed by atoms with E-state index in [2.05, 4.69) is 29.8 Å². The zero-order valence-corrected chi connectivity index (χ0v) is 9.70. The molecule has 0 aliphatic carbocycles. The van der Waals surface area contributed by atoms with Crippen LogP contribution in [-0.4, -0.2) is 55.4 Å². The Labute approximate surface area is 92.4 Å². The Morgan fingerprint density at radius 2 is 2.20 bits per heavy atom. The van der Waals surface area contributed by atoms with Crippen LogP contribution in [-0.2, 0) is 4.79 Å². The lowest BCUT2D eigenvalue weighted by molar-refractivity contribution is -0.120. The molecular weight excluding hydrogens is 188 g/mol. The number of carbonyl (C=O) groups excluding carboxylic acids is 1. The smallest absolute Gasteiger partial charge is 0.135 e. The minimum atomic E-state index is 0.292. The van der Waals surface area contributed by atoms with Gasteiger partial charge >= 0.3 is 0 Å². The molecule has 0 amide bonds. The third-order valence-corrected chi connectivity index (χ3v) is 2.99. The number of nitrogens with zero attached hydrogens (tertiary/aromatic N) is 2. The van der Waals surface area contributed by atoms with E-state index in [0.29, 0.717) is 31.1 Å². The highest BCUT2D eigenvalue weighted by Gasteiger charge is 2.23. The number of likely N-dealkylation sites (N-methyl/N-ethyl adjacent to an activating group) is 2. The van der Waals surface area contributed by atoms with Crippen molar-refractivity contribution in [3.63, 3.8) is 0 Å². The van der Waals surface area contributed by atoms with Crippen molar-refractivity contribution in [2.24, 2.45) is 0 Å². The van der Waals surface area contributed by atoms with Crippen molar-refractivity contribution >= 4 is 5.78 Å². The number of hydrogen-bond donors (Lipinski definition) is 0. The summed E-state index contributed by atoms with van der Waals surface area (Å²) in [5, 5.41) is 0. The molecule has 1 saturated heterocycles. The molecule has 0 aromatic rings. The van der Waals surface area contributed by atoms with Crippen LogP contribution in [0.2, 0.25) is 0 Å². The van der Waals surface area contributed by atoms with E-state index in [9.17, 15) is 4.79 Å². The van der Waals surface area contributed by atoms with Crippen molar-refractivity contribution in [1.82, 2.24) is 9.80 Å². The first-order chi connectivity index (χ1) is 7.13. The summed E-state index contributed by atoms with van der Waals surface area (Å²) in [7, 11) is 4.19. The molecule has 1 atom stereocenters. The number of terminal acetylenes is 1. The number of Topliss-reactive ketones (excluding diaryl/α,β-unsaturated/α-hetero) is 1. The standard InChI is InChI=1S/C12H20N2O/c1-4-5-6-12(15)9-11-10-13(2)7-8-14(11)3/h1,11H,5-10H2,2-3H3. The highest BCUT2D eigenvalue weighted by molar-refractivity contribution is 5.79. The van der Waals surface area contributed by atoms with Crippen LogP contribution in [0.5, 0.6) is 0 Å². The molecule has 0 N–H and O–H groups in total. The third-order valence-electron chi connectivity index (χ3n) is 2.99. The largest absolute Gasteiger partial charge is 0.304 e. The Balaban J connectivity index is 2.35. The zero-order valence-electron chi connectivity index (χ0n) is 9.70. The van der Waals surface area contributed by atoms with Gasteiger partial charge in [-0.15, -0.1) is 12.3 Å². The first-order valence-corrected chi connectivity index (χ1v) is 5.47. The lowest BCUT2D eigenvalue weighted by Crippen LogP contribution is -2.50. The van der Waals surface area contributed by atoms with Crippen LogP contribution >= 0.6 is 0 Å². The first-order valence-electron chi connectivity index (χ1n) is 5.47. The zero-order chi connectivity index (χ0) is 11.3. The fourth-order valence-electron chi connectivity index (χ4n) is 1.90. The molecule has 1 aliphatic rings. The molecule has 84 valence electrons. The van der Waals surface area contributed by atoms with Crippen molar-refractivity contribution < 1.29 is 4.79 Å². The van der Waals surface area contributed by atoms with Gasteiger partial charge in [0.05, 0.1) is 0 Å². The highest BCUT2D eigenvalue weighted by atomic mass is 16.1. The van der Waals surface area contributed by atoms with Crippen molar-refractivity contribution in [3.8, 4) is 12.3 Å². The average Bonchev–Trinajstić information content (AvgIpc) is 2.20. The van der Waals surface area contributed by atoms with Gasteiger partial charge in [-0.3, -0.25) is 4.79 Å². The summed E-state index contributed by atoms with van der Waals surface area (Å²) in [4.78, 5) is 16.1. The van der Waals surface area contributed by atoms with Gasteiger partial charge in [0.15, 0.2) is 0 Å². The van der Waals surface area contributed by atoms with Crippen LogP contribution < -0.4 is 0 Å². The molecule has 1 heterocycles. The van der Waals surface area contributed by atoms with Gasteiger partial charge in [0, 0.05) is 44.9 Å². The van der Waals surface area contributed by atoms with E-state index in [-0.39, 0.29) is 0 Å². The quantitative estimate of drug-likeness (QED) is 0.632. The maximum absolute atomic E-state index is 11.6. The summed E-state index contributed by atoms with van der Waals surface area (Å²) in [6.45, 7) is 3.12. The molecule has 1 fully saturated rings. The second kappa shape index (κ2) is 5.89. The van der Waals surface area contributed by atoms with E-state index in [4.69, 9.17) is 6.42 Å². The van der Waals surface area contributed by atoms with Crippen LogP contribution in [0.15, 0.2) is 0 Å². The van der Waals surface area contributed by atoms with E-state index < -0.39 is 0 Å². The molecule has 1 rings (SSSR count). The SMILES string of the molecule is C#CCCC(=O)CC1CN(C)CCN1C. The second-order valence-corrected chi connectivity index (χ2v) is 4.34. The maximum atomic E-state index is 11.6. The van der Waals surface area contributed by atoms with Crippen molar-refractivity contribution in [2.45, 2.75) is 25.3 Å². The summed E-state index contributed by atoms with van der Waals surface area (Å²) >= 11 is 0. The molecule has 15 heavy (non-hydrogen) atoms. The fraction of sp³-hybridized carbons (Fsp3) is 0.750. The third kappa shape index (κ3) is 4.03. The van der Waals surface area contributed by atoms with E-state index in [1.165, 1.54) is 0 Å². The molecule has 0 bridgehead atoms. The molecule has 1 aliphatic heterocycles. The predicted octanol–water partition coefficient (Wildman–Crippen LogP) is 0.605. The number of ketones is 1. The molecule has 0 radical (unpaired) electrons. The molecule has 0 aromatic carbocycles. The Bertz CT molecular complexity index is 257. The topological polar surface area (TPSA) is 23.6 Å². The van der Waals surface area contributed by atoms with Gasteiger partial charge < -0.3 is 9.80 Å². The van der Waals surface area contributed by atoms with Gasteiger partial charge in [-0.1, -0.05) is 0 Å². The maximum Gasteiger partial charge on any atom is 0.135 e. The summed E-state index contributed by atoms with van der Waals surface area (Å²) in [5.41, 5.74) is 0. The number of rotatable bonds is 4. The van der Waals surface area contributed by atoms with Crippen LogP contribution in [0, 0.1) is 12.3 Å². The Morgan fingerprint density at radius 3 is 2.87 bits per heavy atom. The summed E-state index contributed by atoms with van der Waals surface area (Å²) in [6.07, 6.45) is 6.89.